The molecule has 4 nitrogen and oxygen atoms in total. The van der Waals surface area contributed by atoms with Gasteiger partial charge < -0.3 is 15.8 Å². The summed E-state index contributed by atoms with van der Waals surface area (Å²) in [6, 6.07) is 8.05. The molecule has 106 valence electrons. The van der Waals surface area contributed by atoms with Crippen LogP contribution < -0.4 is 11.1 Å². The molecule has 1 saturated heterocycles. The summed E-state index contributed by atoms with van der Waals surface area (Å²) >= 11 is 1.70. The quantitative estimate of drug-likeness (QED) is 0.913. The number of benzene rings is 1. The highest BCUT2D eigenvalue weighted by Crippen LogP contribution is 2.31. The number of hydrogen-bond acceptors (Lipinski definition) is 4. The van der Waals surface area contributed by atoms with Crippen LogP contribution in [0.2, 0.25) is 0 Å². The molecule has 0 bridgehead atoms. The summed E-state index contributed by atoms with van der Waals surface area (Å²) in [5, 5.41) is 6.22. The Morgan fingerprint density at radius 1 is 1.35 bits per heavy atom. The number of ether oxygens (including phenoxy) is 1. The number of nitrogens with one attached hydrogen (secondary N) is 1. The van der Waals surface area contributed by atoms with E-state index < -0.39 is 5.41 Å². The molecule has 2 aromatic rings. The second-order valence-corrected chi connectivity index (χ2v) is 6.17. The van der Waals surface area contributed by atoms with Gasteiger partial charge in [-0.2, -0.15) is 0 Å². The molecule has 2 heterocycles. The molecule has 0 atom stereocenters. The van der Waals surface area contributed by atoms with Crippen LogP contribution in [0.1, 0.15) is 12.8 Å². The molecule has 1 amide bonds. The summed E-state index contributed by atoms with van der Waals surface area (Å²) in [5.74, 6) is 0.0119. The van der Waals surface area contributed by atoms with Gasteiger partial charge in [-0.1, -0.05) is 0 Å². The normalized spacial score (nSPS) is 18.1. The van der Waals surface area contributed by atoms with Crippen LogP contribution in [-0.4, -0.2) is 25.7 Å². The van der Waals surface area contributed by atoms with Gasteiger partial charge in [0.25, 0.3) is 0 Å². The monoisotopic (exact) mass is 290 g/mol. The topological polar surface area (TPSA) is 64.4 Å². The van der Waals surface area contributed by atoms with E-state index in [1.807, 2.05) is 18.2 Å². The molecule has 1 aliphatic heterocycles. The summed E-state index contributed by atoms with van der Waals surface area (Å²) in [4.78, 5) is 12.6. The Kier molecular flexibility index (Phi) is 3.74. The molecule has 0 saturated carbocycles. The van der Waals surface area contributed by atoms with E-state index in [1.54, 1.807) is 11.3 Å². The van der Waals surface area contributed by atoms with Gasteiger partial charge in [-0.05, 0) is 47.9 Å². The Morgan fingerprint density at radius 3 is 2.90 bits per heavy atom. The molecule has 5 heteroatoms. The predicted molar refractivity (Wildman–Crippen MR) is 82.0 cm³/mol. The second-order valence-electron chi connectivity index (χ2n) is 5.22. The molecule has 3 N–H and O–H groups in total. The van der Waals surface area contributed by atoms with Gasteiger partial charge >= 0.3 is 0 Å². The fourth-order valence-electron chi connectivity index (χ4n) is 2.59. The maximum atomic E-state index is 12.6. The number of thiophene rings is 1. The van der Waals surface area contributed by atoms with Gasteiger partial charge in [0, 0.05) is 30.1 Å². The smallest absolute Gasteiger partial charge is 0.232 e. The largest absolute Gasteiger partial charge is 0.381 e. The molecule has 0 unspecified atom stereocenters. The van der Waals surface area contributed by atoms with Gasteiger partial charge in [0.15, 0.2) is 0 Å². The third-order valence-corrected chi connectivity index (χ3v) is 4.93. The zero-order valence-corrected chi connectivity index (χ0v) is 12.0. The first-order valence-electron chi connectivity index (χ1n) is 6.80. The number of anilines is 1. The number of rotatable bonds is 3. The highest BCUT2D eigenvalue weighted by atomic mass is 32.1. The molecule has 0 radical (unpaired) electrons. The van der Waals surface area contributed by atoms with Gasteiger partial charge in [0.2, 0.25) is 5.91 Å². The molecule has 0 spiro atoms. The van der Waals surface area contributed by atoms with Crippen molar-refractivity contribution in [2.24, 2.45) is 11.1 Å². The minimum absolute atomic E-state index is 0.0119. The lowest BCUT2D eigenvalue weighted by Crippen LogP contribution is -2.46. The summed E-state index contributed by atoms with van der Waals surface area (Å²) in [6.45, 7) is 1.57. The molecule has 0 aliphatic carbocycles. The Bertz CT molecular complexity index is 617. The fraction of sp³-hybridized carbons (Fsp3) is 0.400. The van der Waals surface area contributed by atoms with Crippen molar-refractivity contribution in [3.8, 4) is 0 Å². The number of amides is 1. The Hall–Kier alpha value is -1.43. The van der Waals surface area contributed by atoms with Crippen LogP contribution in [0, 0.1) is 5.41 Å². The SMILES string of the molecule is NCC1(C(=O)Nc2ccc3sccc3c2)CCOCC1. The third kappa shape index (κ3) is 2.44. The third-order valence-electron chi connectivity index (χ3n) is 4.03. The van der Waals surface area contributed by atoms with E-state index >= 15 is 0 Å². The van der Waals surface area contributed by atoms with Crippen molar-refractivity contribution >= 4 is 33.0 Å². The molecule has 3 rings (SSSR count). The Balaban J connectivity index is 1.80. The molecular weight excluding hydrogens is 272 g/mol. The van der Waals surface area contributed by atoms with Crippen LogP contribution >= 0.6 is 11.3 Å². The fourth-order valence-corrected chi connectivity index (χ4v) is 3.37. The molecule has 1 aliphatic rings. The van der Waals surface area contributed by atoms with Crippen LogP contribution in [0.25, 0.3) is 10.1 Å². The van der Waals surface area contributed by atoms with Crippen molar-refractivity contribution in [2.75, 3.05) is 25.1 Å². The van der Waals surface area contributed by atoms with Gasteiger partial charge in [0.05, 0.1) is 5.41 Å². The summed E-state index contributed by atoms with van der Waals surface area (Å²) in [5.41, 5.74) is 6.20. The van der Waals surface area contributed by atoms with Crippen molar-refractivity contribution in [3.63, 3.8) is 0 Å². The van der Waals surface area contributed by atoms with E-state index in [0.29, 0.717) is 32.6 Å². The standard InChI is InChI=1S/C15H18N2O2S/c16-10-15(4-6-19-7-5-15)14(18)17-12-1-2-13-11(9-12)3-8-20-13/h1-3,8-9H,4-7,10,16H2,(H,17,18). The maximum absolute atomic E-state index is 12.6. The summed E-state index contributed by atoms with van der Waals surface area (Å²) < 4.78 is 6.56. The van der Waals surface area contributed by atoms with Crippen LogP contribution in [0.4, 0.5) is 5.69 Å². The second kappa shape index (κ2) is 5.52. The lowest BCUT2D eigenvalue weighted by Gasteiger charge is -2.34. The van der Waals surface area contributed by atoms with Gasteiger partial charge in [-0.3, -0.25) is 4.79 Å². The minimum Gasteiger partial charge on any atom is -0.381 e. The number of hydrogen-bond donors (Lipinski definition) is 2. The zero-order valence-electron chi connectivity index (χ0n) is 11.2. The molecule has 1 aromatic heterocycles. The van der Waals surface area contributed by atoms with E-state index in [9.17, 15) is 4.79 Å². The van der Waals surface area contributed by atoms with Crippen LogP contribution in [-0.2, 0) is 9.53 Å². The maximum Gasteiger partial charge on any atom is 0.232 e. The molecule has 20 heavy (non-hydrogen) atoms. The lowest BCUT2D eigenvalue weighted by atomic mass is 9.79. The van der Waals surface area contributed by atoms with Crippen molar-refractivity contribution in [1.82, 2.24) is 0 Å². The summed E-state index contributed by atoms with van der Waals surface area (Å²) in [6.07, 6.45) is 1.38. The molecule has 1 fully saturated rings. The van der Waals surface area contributed by atoms with E-state index in [4.69, 9.17) is 10.5 Å². The highest BCUT2D eigenvalue weighted by molar-refractivity contribution is 7.17. The van der Waals surface area contributed by atoms with Crippen molar-refractivity contribution in [3.05, 3.63) is 29.6 Å². The minimum atomic E-state index is -0.484. The van der Waals surface area contributed by atoms with Crippen LogP contribution in [0.3, 0.4) is 0 Å². The first-order chi connectivity index (χ1) is 9.73. The first kappa shape index (κ1) is 13.5. The van der Waals surface area contributed by atoms with Crippen LogP contribution in [0.5, 0.6) is 0 Å². The van der Waals surface area contributed by atoms with E-state index in [0.717, 1.165) is 11.1 Å². The number of nitrogens with two attached hydrogens (primary N) is 1. The van der Waals surface area contributed by atoms with Gasteiger partial charge in [0.1, 0.15) is 0 Å². The first-order valence-corrected chi connectivity index (χ1v) is 7.68. The van der Waals surface area contributed by atoms with E-state index in [-0.39, 0.29) is 5.91 Å². The Labute approximate surface area is 121 Å². The number of fused-ring (bicyclic) bond motifs is 1. The van der Waals surface area contributed by atoms with E-state index in [2.05, 4.69) is 16.8 Å². The summed E-state index contributed by atoms with van der Waals surface area (Å²) in [7, 11) is 0. The van der Waals surface area contributed by atoms with Crippen molar-refractivity contribution in [1.29, 1.82) is 0 Å². The lowest BCUT2D eigenvalue weighted by molar-refractivity contribution is -0.130. The molecule has 1 aromatic carbocycles. The van der Waals surface area contributed by atoms with Crippen molar-refractivity contribution in [2.45, 2.75) is 12.8 Å². The van der Waals surface area contributed by atoms with E-state index in [1.165, 1.54) is 4.70 Å². The molecular formula is C15H18N2O2S. The van der Waals surface area contributed by atoms with Crippen LogP contribution in [0.15, 0.2) is 29.6 Å². The van der Waals surface area contributed by atoms with Gasteiger partial charge in [-0.25, -0.2) is 0 Å². The average Bonchev–Trinajstić information content (AvgIpc) is 2.95. The highest BCUT2D eigenvalue weighted by Gasteiger charge is 2.38. The zero-order chi connectivity index (χ0) is 14.0. The number of carbonyl (C=O) groups excluding carboxylic acids is 1. The Morgan fingerprint density at radius 2 is 2.15 bits per heavy atom. The predicted octanol–water partition coefficient (Wildman–Crippen LogP) is 2.60. The number of carbonyl (C=O) groups is 1. The average molecular weight is 290 g/mol. The van der Waals surface area contributed by atoms with Crippen molar-refractivity contribution < 1.29 is 9.53 Å². The van der Waals surface area contributed by atoms with Gasteiger partial charge in [-0.15, -0.1) is 11.3 Å².